The predicted octanol–water partition coefficient (Wildman–Crippen LogP) is -45.2. The van der Waals surface area contributed by atoms with Crippen molar-refractivity contribution in [3.05, 3.63) is 0 Å². The van der Waals surface area contributed by atoms with Gasteiger partial charge in [-0.05, 0) is 0 Å². The maximum atomic E-state index is 12.7. The Morgan fingerprint density at radius 1 is 0.385 bits per heavy atom. The molecule has 5 fully saturated rings. The molecular weight excluding hydrogens is 1580 g/mol. The minimum atomic E-state index is -6.37. The summed E-state index contributed by atoms with van der Waals surface area (Å²) in [5.74, 6) is -5.28. The van der Waals surface area contributed by atoms with E-state index in [0.717, 1.165) is 4.72 Å². The van der Waals surface area contributed by atoms with E-state index in [1.54, 1.807) is 0 Å². The minimum Gasteiger partial charge on any atom is -0.735 e. The molecule has 65 heteroatoms. The van der Waals surface area contributed by atoms with Crippen molar-refractivity contribution >= 4 is 84.5 Å². The number of hydrogen-bond donors (Lipinski definition) is 9. The molecular formula is C31H44N3Na9O46S7. The number of rotatable bonds is 28. The molecule has 25 atom stereocenters. The van der Waals surface area contributed by atoms with E-state index in [-0.39, 0.29) is 266 Å². The Morgan fingerprint density at radius 3 is 1.14 bits per heavy atom. The Balaban J connectivity index is -0.00000307. The number of carboxylic acid groups (broad SMARTS) is 2. The Morgan fingerprint density at radius 2 is 0.729 bits per heavy atom. The molecule has 0 aromatic heterocycles. The van der Waals surface area contributed by atoms with Crippen LogP contribution in [0.2, 0.25) is 0 Å². The fourth-order valence-electron chi connectivity index (χ4n) is 8.67. The summed E-state index contributed by atoms with van der Waals surface area (Å²) in [6.45, 7) is -5.11. The molecule has 5 aliphatic heterocycles. The number of ether oxygens (including phenoxy) is 10. The zero-order chi connectivity index (χ0) is 66.2. The van der Waals surface area contributed by atoms with Gasteiger partial charge in [-0.2, -0.15) is 0 Å². The van der Waals surface area contributed by atoms with E-state index in [1.807, 2.05) is 0 Å². The van der Waals surface area contributed by atoms with Crippen LogP contribution in [0, 0.1) is 0 Å². The van der Waals surface area contributed by atoms with Gasteiger partial charge in [-0.1, -0.05) is 0 Å². The molecule has 5 aliphatic rings. The summed E-state index contributed by atoms with van der Waals surface area (Å²) in [6.07, 6.45) is -62.5. The Bertz CT molecular complexity index is 3250. The summed E-state index contributed by atoms with van der Waals surface area (Å²) in [5.41, 5.74) is 6.08. The van der Waals surface area contributed by atoms with E-state index in [1.165, 1.54) is 4.72 Å². The second kappa shape index (κ2) is 45.8. The van der Waals surface area contributed by atoms with Gasteiger partial charge in [0.15, 0.2) is 58.2 Å². The monoisotopic (exact) mass is 1620 g/mol. The second-order valence-electron chi connectivity index (χ2n) is 18.0. The van der Waals surface area contributed by atoms with Crippen molar-refractivity contribution in [1.82, 2.24) is 9.44 Å². The Hall–Kier alpha value is 6.35. The van der Waals surface area contributed by atoms with Crippen molar-refractivity contribution in [2.75, 3.05) is 26.9 Å². The first-order valence-corrected chi connectivity index (χ1v) is 32.2. The van der Waals surface area contributed by atoms with Crippen molar-refractivity contribution in [3.8, 4) is 0 Å². The van der Waals surface area contributed by atoms with Crippen molar-refractivity contribution in [3.63, 3.8) is 0 Å². The SMILES string of the molecule is CO[C@H]1O[C@H](COS(=O)(=O)[O-])[C@@H](O[C@@H]2O[C@@H](C(=O)[O-])[C@@H](O[C@H]3O[C@H](COS(=O)(=O)[O-])[C@@H](O[C@@H]4O[C@H](C(=O)[O-])[C@@H](O[C@H]5O[C@H](COS(=O)(=O)[O-])[C@@H](O)[C@H](O)[C@H]5NS(=O)(=O)[O-])[C@H](O)[C@H]4O)[C@H](OS(=O)(=O)[O-])[C@H]3N)[C@H](O)[C@H]2OS(=O)(=O)[O-])[C@H](O)[C@H]1NS(=O)(=O)[O-].[Na+].[Na+].[Na+].[Na+].[Na+].[Na+].[Na+].[Na+].[Na+]. The predicted molar refractivity (Wildman–Crippen MR) is 233 cm³/mol. The number of aliphatic carboxylic acids is 2. The zero-order valence-corrected chi connectivity index (χ0v) is 74.7. The average molecular weight is 1630 g/mol. The molecule has 0 aliphatic carbocycles. The maximum Gasteiger partial charge on any atom is 1.00 e. The summed E-state index contributed by atoms with van der Waals surface area (Å²) in [6, 6.07) is -7.81. The average Bonchev–Trinajstić information content (AvgIpc) is 0.771. The molecule has 5 heterocycles. The van der Waals surface area contributed by atoms with Gasteiger partial charge in [0.2, 0.25) is 52.0 Å². The first-order valence-electron chi connectivity index (χ1n) is 22.7. The summed E-state index contributed by atoms with van der Waals surface area (Å²) >= 11 is 0. The number of aliphatic hydroxyl groups excluding tert-OH is 6. The third kappa shape index (κ3) is 34.1. The number of aliphatic hydroxyl groups is 6. The van der Waals surface area contributed by atoms with Gasteiger partial charge in [0.05, 0.1) is 37.8 Å². The molecule has 0 radical (unpaired) electrons. The van der Waals surface area contributed by atoms with Crippen LogP contribution in [0.5, 0.6) is 0 Å². The molecule has 0 bridgehead atoms. The third-order valence-electron chi connectivity index (χ3n) is 12.1. The van der Waals surface area contributed by atoms with Crippen LogP contribution >= 0.6 is 0 Å². The standard InChI is InChI=1S/C31H53N3O46S7.9Na/c1-66-28-10(34-82(48,49)50)13(37)17(6(72-28)3-68-84(54,55)56)73-31-22(80-87(63,64)65)16(40)21(24(78-31)26(43)44)75-27-8(32)19(79-86(60,61)62)18(7(71-27)4-69-85(57,58)59)74-30-15(39)14(38)20(23(77-30)25(41)42)76-29-9(33-81(45,46)47)12(36)11(35)5(70-29)2-67-83(51,52)53;;;;;;;;;/h5-24,27-31,33-40H,2-4,32H2,1H3,(H,41,42)(H,43,44)(H,45,46,47)(H,48,49,50)(H,51,52,53)(H,54,55,56)(H,57,58,59)(H,60,61,62)(H,63,64,65);;;;;;;;;/q;9*+1/p-9/t5-,6-,7-,8-,9-,10-,11-,12-,13-,14-,15-,16+,17-,18-,19-,20+,21+,22-,23+,24-,27-,28+,29-,30-,31-;;;;;;;;;/m1........./s1. The topological polar surface area (TPSA) is 791 Å². The third-order valence-corrected chi connectivity index (χ3v) is 15.5. The van der Waals surface area contributed by atoms with Crippen LogP contribution in [0.15, 0.2) is 0 Å². The molecule has 0 amide bonds. The quantitative estimate of drug-likeness (QED) is 0.0200. The molecule has 510 valence electrons. The van der Waals surface area contributed by atoms with E-state index in [2.05, 4.69) is 20.9 Å². The van der Waals surface area contributed by atoms with E-state index in [0.29, 0.717) is 7.11 Å². The van der Waals surface area contributed by atoms with Gasteiger partial charge in [0.1, 0.15) is 110 Å². The molecule has 49 nitrogen and oxygen atoms in total. The molecule has 0 aromatic rings. The number of hydrogen-bond acceptors (Lipinski definition) is 47. The van der Waals surface area contributed by atoms with E-state index >= 15 is 0 Å². The molecule has 0 aromatic carbocycles. The molecule has 0 unspecified atom stereocenters. The smallest absolute Gasteiger partial charge is 0.735 e. The number of methoxy groups -OCH3 is 1. The second-order valence-corrected chi connectivity index (χ2v) is 25.5. The van der Waals surface area contributed by atoms with Crippen LogP contribution < -0.4 is 291 Å². The van der Waals surface area contributed by atoms with Crippen molar-refractivity contribution in [1.29, 1.82) is 0 Å². The van der Waals surface area contributed by atoms with E-state index in [9.17, 15) is 141 Å². The first kappa shape index (κ1) is 111. The van der Waals surface area contributed by atoms with Gasteiger partial charge in [0.25, 0.3) is 0 Å². The van der Waals surface area contributed by atoms with Gasteiger partial charge in [0, 0.05) is 7.11 Å². The Kier molecular flexibility index (Phi) is 52.9. The summed E-state index contributed by atoms with van der Waals surface area (Å²) in [4.78, 5) is 25.3. The molecule has 96 heavy (non-hydrogen) atoms. The van der Waals surface area contributed by atoms with Crippen molar-refractivity contribution < 1.29 is 476 Å². The van der Waals surface area contributed by atoms with Gasteiger partial charge >= 0.3 is 266 Å². The van der Waals surface area contributed by atoms with Crippen LogP contribution in [0.4, 0.5) is 0 Å². The largest absolute Gasteiger partial charge is 1.00 e. The normalized spacial score (nSPS) is 36.0. The molecule has 5 saturated heterocycles. The van der Waals surface area contributed by atoms with Crippen LogP contribution in [-0.2, 0) is 150 Å². The summed E-state index contributed by atoms with van der Waals surface area (Å²) in [5, 5.41) is 91.7. The van der Waals surface area contributed by atoms with Crippen LogP contribution in [0.25, 0.3) is 0 Å². The molecule has 10 N–H and O–H groups in total. The first-order chi connectivity index (χ1) is 39.5. The van der Waals surface area contributed by atoms with Gasteiger partial charge in [-0.25, -0.2) is 68.4 Å². The van der Waals surface area contributed by atoms with Crippen molar-refractivity contribution in [2.24, 2.45) is 5.73 Å². The fraction of sp³-hybridized carbons (Fsp3) is 0.935. The van der Waals surface area contributed by atoms with Crippen LogP contribution in [0.3, 0.4) is 0 Å². The summed E-state index contributed by atoms with van der Waals surface area (Å²) < 4.78 is 321. The van der Waals surface area contributed by atoms with E-state index < -0.39 is 258 Å². The maximum absolute atomic E-state index is 12.7. The molecule has 0 saturated carbocycles. The van der Waals surface area contributed by atoms with Gasteiger partial charge < -0.3 is 135 Å². The van der Waals surface area contributed by atoms with Gasteiger partial charge in [-0.15, -0.1) is 0 Å². The minimum absolute atomic E-state index is 0. The van der Waals surface area contributed by atoms with Crippen LogP contribution in [-0.4, -0.2) is 314 Å². The number of nitrogens with one attached hydrogen (secondary N) is 2. The number of nitrogens with two attached hydrogens (primary N) is 1. The van der Waals surface area contributed by atoms with Gasteiger partial charge in [-0.3, -0.25) is 20.9 Å². The fourth-order valence-corrected chi connectivity index (χ4v) is 11.7. The molecule has 0 spiro atoms. The number of carboxylic acids is 2. The van der Waals surface area contributed by atoms with Crippen LogP contribution in [0.1, 0.15) is 0 Å². The van der Waals surface area contributed by atoms with E-state index in [4.69, 9.17) is 53.1 Å². The zero-order valence-electron chi connectivity index (χ0n) is 51.0. The molecule has 5 rings (SSSR count). The Labute approximate surface area is 743 Å². The van der Waals surface area contributed by atoms with Crippen molar-refractivity contribution in [2.45, 2.75) is 153 Å². The summed E-state index contributed by atoms with van der Waals surface area (Å²) in [7, 11) is -41.0. The number of carbonyl (C=O) groups excluding carboxylic acids is 2. The number of carbonyl (C=O) groups is 2.